The van der Waals surface area contributed by atoms with Gasteiger partial charge in [0, 0.05) is 26.1 Å². The van der Waals surface area contributed by atoms with E-state index in [0.29, 0.717) is 18.7 Å². The maximum Gasteiger partial charge on any atom is 0.264 e. The molecule has 1 heterocycles. The van der Waals surface area contributed by atoms with Gasteiger partial charge in [0.1, 0.15) is 12.3 Å². The third-order valence-corrected chi connectivity index (χ3v) is 8.25. The van der Waals surface area contributed by atoms with Crippen LogP contribution >= 0.6 is 11.6 Å². The van der Waals surface area contributed by atoms with Crippen LogP contribution in [0, 0.1) is 0 Å². The summed E-state index contributed by atoms with van der Waals surface area (Å²) < 4.78 is 33.2. The zero-order valence-corrected chi connectivity index (χ0v) is 22.0. The van der Waals surface area contributed by atoms with Crippen LogP contribution in [0.2, 0.25) is 5.02 Å². The van der Waals surface area contributed by atoms with Crippen molar-refractivity contribution < 1.29 is 22.7 Å². The Balaban J connectivity index is 1.54. The fraction of sp³-hybridized carbons (Fsp3) is 0.259. The molecule has 194 valence electrons. The van der Waals surface area contributed by atoms with Crippen LogP contribution in [0.3, 0.4) is 0 Å². The summed E-state index contributed by atoms with van der Waals surface area (Å²) in [6.45, 7) is 0.937. The number of ether oxygens (including phenoxy) is 1. The highest BCUT2D eigenvalue weighted by molar-refractivity contribution is 7.92. The summed E-state index contributed by atoms with van der Waals surface area (Å²) in [6, 6.07) is 20.0. The molecule has 2 amide bonds. The van der Waals surface area contributed by atoms with Crippen molar-refractivity contribution in [1.29, 1.82) is 0 Å². The van der Waals surface area contributed by atoms with Gasteiger partial charge in [-0.3, -0.25) is 13.9 Å². The van der Waals surface area contributed by atoms with Gasteiger partial charge in [0.2, 0.25) is 11.8 Å². The molecule has 0 bridgehead atoms. The second-order valence-corrected chi connectivity index (χ2v) is 10.9. The summed E-state index contributed by atoms with van der Waals surface area (Å²) >= 11 is 6.27. The number of rotatable bonds is 10. The van der Waals surface area contributed by atoms with Crippen LogP contribution in [0.15, 0.2) is 77.7 Å². The molecular weight excluding hydrogens is 514 g/mol. The van der Waals surface area contributed by atoms with E-state index in [1.807, 2.05) is 29.2 Å². The van der Waals surface area contributed by atoms with Gasteiger partial charge < -0.3 is 15.0 Å². The van der Waals surface area contributed by atoms with Crippen LogP contribution < -0.4 is 14.4 Å². The zero-order valence-electron chi connectivity index (χ0n) is 20.4. The fourth-order valence-corrected chi connectivity index (χ4v) is 5.87. The van der Waals surface area contributed by atoms with Crippen molar-refractivity contribution in [1.82, 2.24) is 10.2 Å². The van der Waals surface area contributed by atoms with E-state index < -0.39 is 22.5 Å². The number of amides is 2. The molecule has 10 heteroatoms. The molecule has 0 atom stereocenters. The molecule has 0 spiro atoms. The molecule has 37 heavy (non-hydrogen) atoms. The Morgan fingerprint density at radius 2 is 1.76 bits per heavy atom. The smallest absolute Gasteiger partial charge is 0.264 e. The van der Waals surface area contributed by atoms with Gasteiger partial charge in [-0.05, 0) is 47.9 Å². The number of hydrogen-bond donors (Lipinski definition) is 1. The molecule has 3 aromatic carbocycles. The Kier molecular flexibility index (Phi) is 8.35. The summed E-state index contributed by atoms with van der Waals surface area (Å²) in [6.07, 6.45) is 1.40. The SMILES string of the molecule is COc1ccc(N(CC(=O)NCc2ccccc2CN2CCCC2=O)S(=O)(=O)c2ccccc2)cc1Cl. The number of halogens is 1. The number of anilines is 1. The summed E-state index contributed by atoms with van der Waals surface area (Å²) in [5, 5.41) is 3.05. The third-order valence-electron chi connectivity index (χ3n) is 6.17. The molecule has 1 aliphatic heterocycles. The normalized spacial score (nSPS) is 13.5. The average Bonchev–Trinajstić information content (AvgIpc) is 3.31. The van der Waals surface area contributed by atoms with Crippen molar-refractivity contribution >= 4 is 39.1 Å². The predicted octanol–water partition coefficient (Wildman–Crippen LogP) is 3.98. The van der Waals surface area contributed by atoms with Gasteiger partial charge in [-0.15, -0.1) is 0 Å². The number of carbonyl (C=O) groups is 2. The number of sulfonamides is 1. The number of carbonyl (C=O) groups excluding carboxylic acids is 2. The monoisotopic (exact) mass is 541 g/mol. The van der Waals surface area contributed by atoms with Crippen molar-refractivity contribution in [2.45, 2.75) is 30.8 Å². The van der Waals surface area contributed by atoms with Crippen molar-refractivity contribution in [3.8, 4) is 5.75 Å². The van der Waals surface area contributed by atoms with Gasteiger partial charge in [0.15, 0.2) is 0 Å². The fourth-order valence-electron chi connectivity index (χ4n) is 4.19. The Morgan fingerprint density at radius 3 is 2.41 bits per heavy atom. The molecule has 0 unspecified atom stereocenters. The average molecular weight is 542 g/mol. The van der Waals surface area contributed by atoms with Gasteiger partial charge >= 0.3 is 0 Å². The summed E-state index contributed by atoms with van der Waals surface area (Å²) in [5.41, 5.74) is 2.03. The minimum atomic E-state index is -4.07. The lowest BCUT2D eigenvalue weighted by atomic mass is 10.1. The first-order valence-electron chi connectivity index (χ1n) is 11.8. The van der Waals surface area contributed by atoms with Gasteiger partial charge in [-0.2, -0.15) is 0 Å². The van der Waals surface area contributed by atoms with Gasteiger partial charge in [-0.1, -0.05) is 54.1 Å². The molecule has 1 aliphatic rings. The van der Waals surface area contributed by atoms with Crippen molar-refractivity contribution in [2.75, 3.05) is 24.5 Å². The first kappa shape index (κ1) is 26.5. The molecule has 1 saturated heterocycles. The molecule has 1 fully saturated rings. The second-order valence-electron chi connectivity index (χ2n) is 8.61. The molecule has 1 N–H and O–H groups in total. The van der Waals surface area contributed by atoms with E-state index in [-0.39, 0.29) is 28.1 Å². The van der Waals surface area contributed by atoms with Crippen molar-refractivity contribution in [3.05, 3.63) is 88.9 Å². The van der Waals surface area contributed by atoms with E-state index in [0.717, 1.165) is 28.4 Å². The van der Waals surface area contributed by atoms with E-state index in [2.05, 4.69) is 5.32 Å². The Labute approximate surface area is 221 Å². The topological polar surface area (TPSA) is 96.0 Å². The quantitative estimate of drug-likeness (QED) is 0.419. The Morgan fingerprint density at radius 1 is 1.05 bits per heavy atom. The minimum Gasteiger partial charge on any atom is -0.495 e. The standard InChI is InChI=1S/C27H28ClN3O5S/c1-36-25-14-13-22(16-24(25)28)31(37(34,35)23-10-3-2-4-11-23)19-26(32)29-17-20-8-5-6-9-21(20)18-30-15-7-12-27(30)33/h2-6,8-11,13-14,16H,7,12,15,17-19H2,1H3,(H,29,32). The van der Waals surface area contributed by atoms with Crippen LogP contribution in [-0.4, -0.2) is 45.3 Å². The number of likely N-dealkylation sites (tertiary alicyclic amines) is 1. The lowest BCUT2D eigenvalue weighted by molar-refractivity contribution is -0.128. The van der Waals surface area contributed by atoms with E-state index >= 15 is 0 Å². The van der Waals surface area contributed by atoms with Gasteiger partial charge in [0.25, 0.3) is 10.0 Å². The molecule has 0 saturated carbocycles. The third kappa shape index (κ3) is 6.23. The number of benzene rings is 3. The van der Waals surface area contributed by atoms with Crippen LogP contribution in [0.5, 0.6) is 5.75 Å². The number of methoxy groups -OCH3 is 1. The van der Waals surface area contributed by atoms with Crippen LogP contribution in [-0.2, 0) is 32.7 Å². The largest absolute Gasteiger partial charge is 0.495 e. The summed E-state index contributed by atoms with van der Waals surface area (Å²) in [4.78, 5) is 27.0. The van der Waals surface area contributed by atoms with E-state index in [1.165, 1.54) is 25.3 Å². The molecule has 4 rings (SSSR count). The van der Waals surface area contributed by atoms with Crippen molar-refractivity contribution in [2.24, 2.45) is 0 Å². The van der Waals surface area contributed by atoms with E-state index in [9.17, 15) is 18.0 Å². The molecule has 8 nitrogen and oxygen atoms in total. The highest BCUT2D eigenvalue weighted by Gasteiger charge is 2.28. The van der Waals surface area contributed by atoms with Gasteiger partial charge in [0.05, 0.1) is 22.7 Å². The zero-order chi connectivity index (χ0) is 26.4. The van der Waals surface area contributed by atoms with Crippen LogP contribution in [0.25, 0.3) is 0 Å². The molecule has 0 radical (unpaired) electrons. The van der Waals surface area contributed by atoms with Crippen LogP contribution in [0.1, 0.15) is 24.0 Å². The summed E-state index contributed by atoms with van der Waals surface area (Å²) in [7, 11) is -2.61. The summed E-state index contributed by atoms with van der Waals surface area (Å²) in [5.74, 6) is 0.0252. The molecular formula is C27H28ClN3O5S. The minimum absolute atomic E-state index is 0.0513. The van der Waals surface area contributed by atoms with E-state index in [4.69, 9.17) is 16.3 Å². The lowest BCUT2D eigenvalue weighted by Gasteiger charge is -2.25. The van der Waals surface area contributed by atoms with Crippen LogP contribution in [0.4, 0.5) is 5.69 Å². The van der Waals surface area contributed by atoms with Crippen molar-refractivity contribution in [3.63, 3.8) is 0 Å². The molecule has 3 aromatic rings. The number of hydrogen-bond acceptors (Lipinski definition) is 5. The highest BCUT2D eigenvalue weighted by Crippen LogP contribution is 2.32. The van der Waals surface area contributed by atoms with Gasteiger partial charge in [-0.25, -0.2) is 8.42 Å². The second kappa shape index (κ2) is 11.7. The molecule has 0 aliphatic carbocycles. The number of nitrogens with zero attached hydrogens (tertiary/aromatic N) is 2. The maximum atomic E-state index is 13.5. The Hall–Kier alpha value is -3.56. The van der Waals surface area contributed by atoms with E-state index in [1.54, 1.807) is 30.3 Å². The maximum absolute atomic E-state index is 13.5. The Bertz CT molecular complexity index is 1380. The predicted molar refractivity (Wildman–Crippen MR) is 142 cm³/mol. The molecule has 0 aromatic heterocycles. The number of nitrogens with one attached hydrogen (secondary N) is 1. The first-order chi connectivity index (χ1) is 17.8. The lowest BCUT2D eigenvalue weighted by Crippen LogP contribution is -2.40. The first-order valence-corrected chi connectivity index (χ1v) is 13.6. The highest BCUT2D eigenvalue weighted by atomic mass is 35.5.